The molecular formula is C20H21NO2S. The molecule has 1 aromatic heterocycles. The first-order valence-corrected chi connectivity index (χ1v) is 9.32. The number of benzene rings is 2. The number of hydrogen-bond donors (Lipinski definition) is 0. The number of nitrogens with zero attached hydrogens (tertiary/aromatic N) is 1. The molecule has 0 aliphatic heterocycles. The van der Waals surface area contributed by atoms with Gasteiger partial charge in [0.25, 0.3) is 0 Å². The molecule has 0 aliphatic rings. The van der Waals surface area contributed by atoms with E-state index in [1.54, 1.807) is 6.26 Å². The van der Waals surface area contributed by atoms with Gasteiger partial charge in [0.1, 0.15) is 5.76 Å². The van der Waals surface area contributed by atoms with Gasteiger partial charge in [-0.25, -0.2) is 0 Å². The molecule has 2 aromatic carbocycles. The SMILES string of the molecule is Cc1ccc(N(CCS(=O)c2ccccc2)Cc2ccco2)cc1. The molecule has 1 heterocycles. The average Bonchev–Trinajstić information content (AvgIpc) is 3.13. The highest BCUT2D eigenvalue weighted by Crippen LogP contribution is 2.19. The van der Waals surface area contributed by atoms with Crippen LogP contribution < -0.4 is 4.90 Å². The third-order valence-electron chi connectivity index (χ3n) is 3.88. The predicted octanol–water partition coefficient (Wildman–Crippen LogP) is 4.40. The van der Waals surface area contributed by atoms with E-state index in [4.69, 9.17) is 4.42 Å². The molecule has 4 heteroatoms. The van der Waals surface area contributed by atoms with Crippen LogP contribution in [0.3, 0.4) is 0 Å². The molecule has 0 bridgehead atoms. The molecule has 0 spiro atoms. The third kappa shape index (κ3) is 4.36. The number of anilines is 1. The zero-order valence-corrected chi connectivity index (χ0v) is 14.5. The zero-order chi connectivity index (χ0) is 16.8. The van der Waals surface area contributed by atoms with Crippen LogP contribution in [0, 0.1) is 6.92 Å². The lowest BCUT2D eigenvalue weighted by Gasteiger charge is -2.24. The quantitative estimate of drug-likeness (QED) is 0.639. The first-order chi connectivity index (χ1) is 11.7. The molecule has 3 rings (SSSR count). The molecule has 0 saturated carbocycles. The van der Waals surface area contributed by atoms with Gasteiger partial charge in [0.15, 0.2) is 0 Å². The number of hydrogen-bond acceptors (Lipinski definition) is 3. The van der Waals surface area contributed by atoms with Crippen LogP contribution in [-0.4, -0.2) is 16.5 Å². The Morgan fingerprint density at radius 1 is 0.958 bits per heavy atom. The van der Waals surface area contributed by atoms with Gasteiger partial charge in [-0.2, -0.15) is 0 Å². The lowest BCUT2D eigenvalue weighted by Crippen LogP contribution is -2.27. The fraction of sp³-hybridized carbons (Fsp3) is 0.200. The van der Waals surface area contributed by atoms with E-state index in [0.717, 1.165) is 16.3 Å². The Morgan fingerprint density at radius 2 is 1.71 bits per heavy atom. The van der Waals surface area contributed by atoms with Crippen molar-refractivity contribution in [3.05, 3.63) is 84.3 Å². The smallest absolute Gasteiger partial charge is 0.123 e. The summed E-state index contributed by atoms with van der Waals surface area (Å²) in [4.78, 5) is 3.08. The van der Waals surface area contributed by atoms with Gasteiger partial charge in [0.05, 0.1) is 23.6 Å². The minimum Gasteiger partial charge on any atom is -0.467 e. The van der Waals surface area contributed by atoms with Gasteiger partial charge >= 0.3 is 0 Å². The van der Waals surface area contributed by atoms with Crippen molar-refractivity contribution in [3.8, 4) is 0 Å². The maximum Gasteiger partial charge on any atom is 0.123 e. The summed E-state index contributed by atoms with van der Waals surface area (Å²) in [6.07, 6.45) is 1.69. The van der Waals surface area contributed by atoms with Gasteiger partial charge in [0, 0.05) is 22.9 Å². The zero-order valence-electron chi connectivity index (χ0n) is 13.7. The summed E-state index contributed by atoms with van der Waals surface area (Å²) in [7, 11) is -1.00. The predicted molar refractivity (Wildman–Crippen MR) is 98.7 cm³/mol. The molecule has 0 N–H and O–H groups in total. The largest absolute Gasteiger partial charge is 0.467 e. The van der Waals surface area contributed by atoms with Crippen molar-refractivity contribution in [3.63, 3.8) is 0 Å². The molecule has 1 atom stereocenters. The minimum atomic E-state index is -1.00. The average molecular weight is 339 g/mol. The highest BCUT2D eigenvalue weighted by atomic mass is 32.2. The maximum absolute atomic E-state index is 12.5. The second-order valence-corrected chi connectivity index (χ2v) is 7.27. The fourth-order valence-corrected chi connectivity index (χ4v) is 3.61. The lowest BCUT2D eigenvalue weighted by atomic mass is 10.2. The van der Waals surface area contributed by atoms with Crippen molar-refractivity contribution in [1.82, 2.24) is 0 Å². The summed E-state index contributed by atoms with van der Waals surface area (Å²) in [5, 5.41) is 0. The van der Waals surface area contributed by atoms with Crippen molar-refractivity contribution in [2.75, 3.05) is 17.2 Å². The Balaban J connectivity index is 1.72. The number of aryl methyl sites for hydroxylation is 1. The Morgan fingerprint density at radius 3 is 2.38 bits per heavy atom. The normalized spacial score (nSPS) is 12.0. The topological polar surface area (TPSA) is 33.5 Å². The third-order valence-corrected chi connectivity index (χ3v) is 5.23. The van der Waals surface area contributed by atoms with Crippen LogP contribution in [0.2, 0.25) is 0 Å². The van der Waals surface area contributed by atoms with Crippen molar-refractivity contribution in [2.45, 2.75) is 18.4 Å². The molecule has 24 heavy (non-hydrogen) atoms. The van der Waals surface area contributed by atoms with E-state index < -0.39 is 10.8 Å². The van der Waals surface area contributed by atoms with Crippen molar-refractivity contribution < 1.29 is 8.63 Å². The molecule has 3 aromatic rings. The van der Waals surface area contributed by atoms with Crippen molar-refractivity contribution in [1.29, 1.82) is 0 Å². The fourth-order valence-electron chi connectivity index (χ4n) is 2.53. The van der Waals surface area contributed by atoms with Gasteiger partial charge in [-0.15, -0.1) is 0 Å². The van der Waals surface area contributed by atoms with E-state index in [1.807, 2.05) is 42.5 Å². The number of furan rings is 1. The van der Waals surface area contributed by atoms with Crippen LogP contribution >= 0.6 is 0 Å². The Bertz CT molecular complexity index is 767. The maximum atomic E-state index is 12.5. The van der Waals surface area contributed by atoms with Crippen LogP contribution in [0.5, 0.6) is 0 Å². The van der Waals surface area contributed by atoms with Crippen LogP contribution in [0.25, 0.3) is 0 Å². The van der Waals surface area contributed by atoms with E-state index in [1.165, 1.54) is 5.56 Å². The molecule has 0 aliphatic carbocycles. The summed E-state index contributed by atoms with van der Waals surface area (Å²) in [5.41, 5.74) is 2.34. The van der Waals surface area contributed by atoms with E-state index >= 15 is 0 Å². The van der Waals surface area contributed by atoms with Crippen LogP contribution in [-0.2, 0) is 17.3 Å². The van der Waals surface area contributed by atoms with Crippen LogP contribution in [0.15, 0.2) is 82.3 Å². The van der Waals surface area contributed by atoms with Gasteiger partial charge in [-0.3, -0.25) is 4.21 Å². The van der Waals surface area contributed by atoms with Gasteiger partial charge in [-0.1, -0.05) is 35.9 Å². The van der Waals surface area contributed by atoms with E-state index in [9.17, 15) is 4.21 Å². The van der Waals surface area contributed by atoms with Gasteiger partial charge in [0.2, 0.25) is 0 Å². The van der Waals surface area contributed by atoms with Crippen LogP contribution in [0.1, 0.15) is 11.3 Å². The monoisotopic (exact) mass is 339 g/mol. The summed E-state index contributed by atoms with van der Waals surface area (Å²) in [5.74, 6) is 1.49. The Kier molecular flexibility index (Phi) is 5.49. The van der Waals surface area contributed by atoms with Gasteiger partial charge in [-0.05, 0) is 43.3 Å². The van der Waals surface area contributed by atoms with E-state index in [0.29, 0.717) is 18.8 Å². The first kappa shape index (κ1) is 16.5. The van der Waals surface area contributed by atoms with Crippen LogP contribution in [0.4, 0.5) is 5.69 Å². The highest BCUT2D eigenvalue weighted by molar-refractivity contribution is 7.85. The standard InChI is InChI=1S/C20H21NO2S/c1-17-9-11-18(12-10-17)21(16-19-6-5-14-23-19)13-15-24(22)20-7-3-2-4-8-20/h2-12,14H,13,15-16H2,1H3. The van der Waals surface area contributed by atoms with Crippen molar-refractivity contribution >= 4 is 16.5 Å². The molecule has 0 saturated heterocycles. The molecule has 0 fully saturated rings. The molecular weight excluding hydrogens is 318 g/mol. The first-order valence-electron chi connectivity index (χ1n) is 8.00. The summed E-state index contributed by atoms with van der Waals surface area (Å²) in [6, 6.07) is 21.9. The second kappa shape index (κ2) is 7.97. The minimum absolute atomic E-state index is 0.582. The molecule has 0 amide bonds. The lowest BCUT2D eigenvalue weighted by molar-refractivity contribution is 0.504. The number of rotatable bonds is 7. The van der Waals surface area contributed by atoms with Gasteiger partial charge < -0.3 is 9.32 Å². The molecule has 3 nitrogen and oxygen atoms in total. The summed E-state index contributed by atoms with van der Waals surface area (Å²) in [6.45, 7) is 3.44. The molecule has 1 unspecified atom stereocenters. The summed E-state index contributed by atoms with van der Waals surface area (Å²) >= 11 is 0. The van der Waals surface area contributed by atoms with E-state index in [2.05, 4.69) is 36.1 Å². The summed E-state index contributed by atoms with van der Waals surface area (Å²) < 4.78 is 18.0. The Labute approximate surface area is 145 Å². The van der Waals surface area contributed by atoms with Crippen molar-refractivity contribution in [2.24, 2.45) is 0 Å². The second-order valence-electron chi connectivity index (χ2n) is 5.70. The Hall–Kier alpha value is -2.33. The molecule has 124 valence electrons. The highest BCUT2D eigenvalue weighted by Gasteiger charge is 2.12. The molecule has 0 radical (unpaired) electrons. The van der Waals surface area contributed by atoms with E-state index in [-0.39, 0.29) is 0 Å².